The van der Waals surface area contributed by atoms with Gasteiger partial charge in [-0.05, 0) is 106 Å². The molecule has 0 unspecified atom stereocenters. The quantitative estimate of drug-likeness (QED) is 0.0183. The zero-order valence-electron chi connectivity index (χ0n) is 83.7. The number of para-hydroxylation sites is 1. The summed E-state index contributed by atoms with van der Waals surface area (Å²) < 4.78 is 0. The number of amides is 21. The number of carbonyl (C=O) groups excluding carboxylic acids is 22. The summed E-state index contributed by atoms with van der Waals surface area (Å²) in [7, 11) is 0. The molecule has 2 fully saturated rings. The van der Waals surface area contributed by atoms with E-state index >= 15 is 0 Å². The number of nitrogens with one attached hydrogen (secondary N) is 18. The first-order valence-electron chi connectivity index (χ1n) is 47.9. The van der Waals surface area contributed by atoms with Crippen LogP contribution in [0.2, 0.25) is 0 Å². The van der Waals surface area contributed by atoms with Crippen molar-refractivity contribution in [1.29, 1.82) is 0 Å². The van der Waals surface area contributed by atoms with Gasteiger partial charge in [-0.25, -0.2) is 9.78 Å². The predicted molar refractivity (Wildman–Crippen MR) is 527 cm³/mol. The Morgan fingerprint density at radius 2 is 1.00 bits per heavy atom. The van der Waals surface area contributed by atoms with E-state index in [1.807, 2.05) is 6.26 Å². The molecule has 6 rings (SSSR count). The van der Waals surface area contributed by atoms with Crippen LogP contribution < -0.4 is 123 Å². The number of rotatable bonds is 59. The molecular weight excluding hydrogens is 2060 g/mol. The maximum absolute atomic E-state index is 14.7. The van der Waals surface area contributed by atoms with Gasteiger partial charge in [0.05, 0.1) is 37.8 Å². The van der Waals surface area contributed by atoms with Crippen LogP contribution in [-0.2, 0) is 115 Å². The minimum Gasteiger partial charge on any atom is -0.549 e. The minimum absolute atomic E-state index is 0. The first-order valence-corrected chi connectivity index (χ1v) is 49.3. The van der Waals surface area contributed by atoms with Gasteiger partial charge in [-0.2, -0.15) is 11.8 Å². The van der Waals surface area contributed by atoms with Crippen LogP contribution >= 0.6 is 11.8 Å². The second-order valence-electron chi connectivity index (χ2n) is 36.9. The van der Waals surface area contributed by atoms with E-state index in [0.717, 1.165) is 17.0 Å². The number of urea groups is 1. The number of aromatic amines is 2. The molecule has 12 atom stereocenters. The Hall–Kier alpha value is -14.2. The number of aliphatic carboxylic acids is 2. The third-order valence-corrected chi connectivity index (χ3v) is 24.3. The van der Waals surface area contributed by atoms with E-state index in [4.69, 9.17) is 22.9 Å². The molecule has 2 aromatic heterocycles. The van der Waals surface area contributed by atoms with Crippen LogP contribution in [0.15, 0.2) is 55.1 Å². The largest absolute Gasteiger partial charge is 3.00 e. The number of primary amides is 4. The van der Waals surface area contributed by atoms with Gasteiger partial charge in [0.25, 0.3) is 0 Å². The first kappa shape index (κ1) is 124. The zero-order chi connectivity index (χ0) is 109. The van der Waals surface area contributed by atoms with Crippen LogP contribution in [0.25, 0.3) is 10.9 Å². The van der Waals surface area contributed by atoms with Gasteiger partial charge < -0.3 is 163 Å². The number of nitrogens with zero attached hydrogens (tertiary/aromatic N) is 5. The van der Waals surface area contributed by atoms with Crippen molar-refractivity contribution in [3.05, 3.63) is 71.9 Å². The summed E-state index contributed by atoms with van der Waals surface area (Å²) in [5.74, 6) is -21.9. The molecule has 0 saturated carbocycles. The van der Waals surface area contributed by atoms with Crippen molar-refractivity contribution in [2.45, 2.75) is 224 Å². The number of nitrogens with two attached hydrogens (primary N) is 4. The van der Waals surface area contributed by atoms with E-state index in [1.54, 1.807) is 70.7 Å². The normalized spacial score (nSPS) is 15.9. The van der Waals surface area contributed by atoms with Crippen molar-refractivity contribution in [2.75, 3.05) is 102 Å². The number of phenols is 2. The van der Waals surface area contributed by atoms with Crippen LogP contribution in [0.3, 0.4) is 0 Å². The van der Waals surface area contributed by atoms with Crippen LogP contribution in [0.1, 0.15) is 149 Å². The number of carboxylic acid groups (broad SMARTS) is 3. The number of carboxylic acids is 2. The summed E-state index contributed by atoms with van der Waals surface area (Å²) in [5, 5.41) is 98.4. The Bertz CT molecular complexity index is 5230. The molecule has 2 saturated heterocycles. The number of anilines is 1. The Morgan fingerprint density at radius 1 is 0.514 bits per heavy atom. The molecule has 2 aromatic carbocycles. The van der Waals surface area contributed by atoms with E-state index in [-0.39, 0.29) is 173 Å². The van der Waals surface area contributed by atoms with Crippen molar-refractivity contribution in [2.24, 2.45) is 40.7 Å². The van der Waals surface area contributed by atoms with Gasteiger partial charge in [0.2, 0.25) is 106 Å². The first-order chi connectivity index (χ1) is 69.4. The number of benzene rings is 2. The molecule has 2 aliphatic rings. The number of phenolic OH excluding ortho intramolecular Hbond substituents is 2. The Kier molecular flexibility index (Phi) is 52.7. The van der Waals surface area contributed by atoms with Gasteiger partial charge in [-0.15, -0.1) is 0 Å². The van der Waals surface area contributed by atoms with Gasteiger partial charge in [0.15, 0.2) is 0 Å². The minimum atomic E-state index is -1.97. The molecule has 4 aromatic rings. The van der Waals surface area contributed by atoms with E-state index in [0.29, 0.717) is 27.9 Å². The molecular formula is C92H136InN27O27S. The molecule has 56 heteroatoms. The Morgan fingerprint density at radius 3 is 1.51 bits per heavy atom. The maximum atomic E-state index is 14.7. The monoisotopic (exact) mass is 2190 g/mol. The number of H-pyrrole nitrogens is 2. The van der Waals surface area contributed by atoms with Crippen LogP contribution in [-0.4, -0.2) is 371 Å². The van der Waals surface area contributed by atoms with Gasteiger partial charge in [-0.3, -0.25) is 101 Å². The Labute approximate surface area is 875 Å². The van der Waals surface area contributed by atoms with Gasteiger partial charge >= 0.3 is 31.9 Å². The van der Waals surface area contributed by atoms with Gasteiger partial charge in [-0.1, -0.05) is 59.7 Å². The summed E-state index contributed by atoms with van der Waals surface area (Å²) in [6.45, 7) is 7.49. The number of aromatic nitrogens is 3. The summed E-state index contributed by atoms with van der Waals surface area (Å²) >= 11 is 1.42. The molecule has 810 valence electrons. The van der Waals surface area contributed by atoms with Crippen molar-refractivity contribution < 1.29 is 131 Å². The summed E-state index contributed by atoms with van der Waals surface area (Å²) in [6, 6.07) is -9.66. The molecule has 4 heterocycles. The number of aromatic hydroxyl groups is 2. The smallest absolute Gasteiger partial charge is 0.549 e. The number of hydrogen-bond acceptors (Lipinski definition) is 32. The fraction of sp³-hybridized carbons (Fsp3) is 0.576. The van der Waals surface area contributed by atoms with E-state index in [1.165, 1.54) is 47.2 Å². The van der Waals surface area contributed by atoms with E-state index < -0.39 is 285 Å². The molecule has 21 amide bonds. The third-order valence-electron chi connectivity index (χ3n) is 23.6. The van der Waals surface area contributed by atoms with Crippen molar-refractivity contribution >= 4 is 185 Å². The van der Waals surface area contributed by atoms with Crippen LogP contribution in [0.5, 0.6) is 11.5 Å². The average Bonchev–Trinajstić information content (AvgIpc) is 1.66. The molecule has 0 bridgehead atoms. The van der Waals surface area contributed by atoms with Crippen LogP contribution in [0, 0.1) is 17.8 Å². The second kappa shape index (κ2) is 62.7. The van der Waals surface area contributed by atoms with Crippen molar-refractivity contribution in [1.82, 2.24) is 114 Å². The number of hydrogen-bond donors (Lipinski definition) is 24. The fourth-order valence-corrected chi connectivity index (χ4v) is 16.2. The summed E-state index contributed by atoms with van der Waals surface area (Å²) in [5.41, 5.74) is 23.4. The zero-order valence-corrected chi connectivity index (χ0v) is 87.8. The Balaban J connectivity index is 0.0000385. The molecule has 54 nitrogen and oxygen atoms in total. The molecule has 28 N–H and O–H groups in total. The number of fused-ring (bicyclic) bond motifs is 1. The average molecular weight is 2200 g/mol. The van der Waals surface area contributed by atoms with E-state index in [2.05, 4.69) is 100 Å². The maximum Gasteiger partial charge on any atom is 3.00 e. The fourth-order valence-electron chi connectivity index (χ4n) is 15.8. The third kappa shape index (κ3) is 44.2. The van der Waals surface area contributed by atoms with Crippen molar-refractivity contribution in [3.8, 4) is 11.5 Å². The molecule has 2 aliphatic heterocycles. The summed E-state index contributed by atoms with van der Waals surface area (Å²) in [4.78, 5) is 310. The molecule has 148 heavy (non-hydrogen) atoms. The van der Waals surface area contributed by atoms with E-state index in [9.17, 15) is 131 Å². The van der Waals surface area contributed by atoms with Gasteiger partial charge in [0.1, 0.15) is 90.1 Å². The molecule has 0 spiro atoms. The SMILES string of the molecule is CSCC[C@H](NC(=O)[C@H](CC(C)C)NC(=O)[C@H](Cc1cnc[nH]1)NC(=O)CNC(=O)[C@@H](NC(=O)[C@H](C)NC(=O)[C@H](Cc1c[nH]c2ccccc12)NC(=O)[C@H](CCC(N)=O)NC(=O)[C@H](CC(N)=O)NC(=O)CNC(=O)[C@H](CC(C)C)NC(=O)[C@H](CCCCNC(=O)Nc1cc(O)c(CN2CCN(CC(=O)[O-])CCN(C(=O)[O-])CCN(CC(=O)[O-])CC2)c(O)c1)NC(=O)[C@H](CCC(N)=O)NC(=O)[C@@H]1CCC(=O)N1)C(C)C)C(N)=O.[111In+3]. The molecule has 0 aliphatic carbocycles. The number of thioether (sulfide) groups is 1. The van der Waals surface area contributed by atoms with Crippen molar-refractivity contribution in [3.63, 3.8) is 0 Å². The van der Waals surface area contributed by atoms with Gasteiger partial charge in [0, 0.05) is 163 Å². The number of carbonyl (C=O) groups is 22. The standard InChI is InChI=1S/C92H139N27O27S.In/c1-48(2)33-63(112-82(135)59(109-84(137)61(16-19-70(93)122)110-83(136)60-18-21-73(125)105-60)15-11-12-23-98-91(144)104-53-37-68(120)56(69(121)38-53)44-116-24-26-117(45-76(128)129)28-30-119(92(145)146)31-29-118(27-25-116)46-77(130)131)81(134)100-42-74(126)107-67(39-72(95)124)89(142)111-62(17-20-71(94)123)85(138)114-65(35-52-40-99-57-14-10-9-13-55(52)57)86(139)103-51(7)80(133)115-78(50(5)6)90(143)101-43-75(127)106-66(36-54-41-97-47-102-54)88(141)113-64(34-49(3)4)87(140)108-58(79(96)132)22-32-147-8;/h9-10,13-14,37-38,40-41,47-51,58-67,78,99,120-121H,11-12,15-36,39,42-46H2,1-8H3,(H2,93,122)(H2,94,123)(H2,95,124)(H2,96,132)(H,97,102)(H,100,134)(H,101,143)(H,103,139)(H,105,125)(H,106,127)(H,107,126)(H,108,140)(H,109,137)(H,110,136)(H,111,142)(H,112,135)(H,113,141)(H,114,138)(H,115,133)(H,128,129)(H,130,131)(H,145,146)(H2,98,104,144);/q;+3/p-3/t51-,58-,59-,60-,61-,62-,63-,64-,65-,66-,67-,78-;/m0./s1/i;1-4. The topological polar surface area (TPSA) is 839 Å². The second-order valence-corrected chi connectivity index (χ2v) is 37.9. The molecule has 0 radical (unpaired) electrons. The van der Waals surface area contributed by atoms with Crippen LogP contribution in [0.4, 0.5) is 15.3 Å². The number of imidazole rings is 1. The summed E-state index contributed by atoms with van der Waals surface area (Å²) in [6.07, 6.45) is 0.856. The number of unbranched alkanes of at least 4 members (excludes halogenated alkanes) is 1. The predicted octanol–water partition coefficient (Wildman–Crippen LogP) is -10.5.